The largest absolute Gasteiger partial charge is 0.388 e. The van der Waals surface area contributed by atoms with Crippen LogP contribution in [0, 0.1) is 0 Å². The molecule has 1 aromatic rings. The average molecular weight is 226 g/mol. The molecule has 1 aromatic heterocycles. The molecule has 6 nitrogen and oxygen atoms in total. The van der Waals surface area contributed by atoms with Crippen molar-refractivity contribution in [2.75, 3.05) is 19.8 Å². The molecule has 2 heterocycles. The third-order valence-electron chi connectivity index (χ3n) is 2.97. The van der Waals surface area contributed by atoms with Crippen molar-refractivity contribution in [3.63, 3.8) is 0 Å². The smallest absolute Gasteiger partial charge is 0.146 e. The molecule has 0 amide bonds. The minimum Gasteiger partial charge on any atom is -0.388 e. The Hall–Kier alpha value is -0.980. The Balaban J connectivity index is 1.77. The van der Waals surface area contributed by atoms with E-state index in [9.17, 15) is 5.11 Å². The van der Waals surface area contributed by atoms with Gasteiger partial charge in [0.05, 0.1) is 12.1 Å². The number of aromatic nitrogens is 3. The second kappa shape index (κ2) is 4.90. The third-order valence-corrected chi connectivity index (χ3v) is 2.97. The molecule has 0 radical (unpaired) electrons. The molecular weight excluding hydrogens is 208 g/mol. The fourth-order valence-electron chi connectivity index (χ4n) is 1.80. The van der Waals surface area contributed by atoms with Gasteiger partial charge >= 0.3 is 0 Å². The van der Waals surface area contributed by atoms with Crippen molar-refractivity contribution in [3.8, 4) is 0 Å². The van der Waals surface area contributed by atoms with E-state index in [1.807, 2.05) is 11.6 Å². The minimum atomic E-state index is -0.628. The van der Waals surface area contributed by atoms with E-state index in [0.717, 1.165) is 5.82 Å². The highest BCUT2D eigenvalue weighted by Gasteiger charge is 2.29. The highest BCUT2D eigenvalue weighted by Crippen LogP contribution is 2.19. The summed E-state index contributed by atoms with van der Waals surface area (Å²) in [6, 6.07) is 0. The van der Waals surface area contributed by atoms with Crippen LogP contribution in [0.25, 0.3) is 0 Å². The molecule has 0 bridgehead atoms. The summed E-state index contributed by atoms with van der Waals surface area (Å²) >= 11 is 0. The summed E-state index contributed by atoms with van der Waals surface area (Å²) in [5, 5.41) is 21.2. The van der Waals surface area contributed by atoms with Gasteiger partial charge in [-0.15, -0.1) is 10.2 Å². The number of nitrogens with one attached hydrogen (secondary N) is 1. The van der Waals surface area contributed by atoms with Gasteiger partial charge in [-0.3, -0.25) is 0 Å². The van der Waals surface area contributed by atoms with Crippen LogP contribution in [-0.2, 0) is 18.3 Å². The lowest BCUT2D eigenvalue weighted by Gasteiger charge is -2.32. The molecule has 0 saturated carbocycles. The second-order valence-electron chi connectivity index (χ2n) is 4.30. The van der Waals surface area contributed by atoms with Gasteiger partial charge in [0.1, 0.15) is 12.2 Å². The molecule has 0 unspecified atom stereocenters. The molecular formula is C10H18N4O2. The maximum atomic E-state index is 10.2. The van der Waals surface area contributed by atoms with E-state index in [0.29, 0.717) is 39.1 Å². The molecule has 16 heavy (non-hydrogen) atoms. The Bertz CT molecular complexity index is 333. The second-order valence-corrected chi connectivity index (χ2v) is 4.30. The Morgan fingerprint density at radius 1 is 1.56 bits per heavy atom. The van der Waals surface area contributed by atoms with Gasteiger partial charge < -0.3 is 19.7 Å². The van der Waals surface area contributed by atoms with Crippen LogP contribution in [0.5, 0.6) is 0 Å². The van der Waals surface area contributed by atoms with Gasteiger partial charge in [-0.1, -0.05) is 0 Å². The summed E-state index contributed by atoms with van der Waals surface area (Å²) in [4.78, 5) is 0. The fraction of sp³-hybridized carbons (Fsp3) is 0.800. The molecule has 1 fully saturated rings. The minimum absolute atomic E-state index is 0.573. The van der Waals surface area contributed by atoms with E-state index >= 15 is 0 Å². The van der Waals surface area contributed by atoms with Crippen LogP contribution >= 0.6 is 0 Å². The van der Waals surface area contributed by atoms with Gasteiger partial charge in [0.15, 0.2) is 0 Å². The summed E-state index contributed by atoms with van der Waals surface area (Å²) in [7, 11) is 1.90. The maximum Gasteiger partial charge on any atom is 0.146 e. The maximum absolute atomic E-state index is 10.2. The van der Waals surface area contributed by atoms with Crippen molar-refractivity contribution in [2.45, 2.75) is 25.0 Å². The fourth-order valence-corrected chi connectivity index (χ4v) is 1.80. The van der Waals surface area contributed by atoms with Gasteiger partial charge in [0, 0.05) is 39.6 Å². The zero-order valence-electron chi connectivity index (χ0n) is 9.52. The zero-order chi connectivity index (χ0) is 11.4. The molecule has 0 atom stereocenters. The van der Waals surface area contributed by atoms with Crippen LogP contribution in [0.3, 0.4) is 0 Å². The zero-order valence-corrected chi connectivity index (χ0v) is 9.52. The van der Waals surface area contributed by atoms with Gasteiger partial charge in [-0.05, 0) is 0 Å². The summed E-state index contributed by atoms with van der Waals surface area (Å²) in [6.45, 7) is 2.48. The van der Waals surface area contributed by atoms with Crippen LogP contribution in [0.2, 0.25) is 0 Å². The van der Waals surface area contributed by atoms with Gasteiger partial charge in [-0.2, -0.15) is 0 Å². The number of aryl methyl sites for hydroxylation is 1. The van der Waals surface area contributed by atoms with E-state index < -0.39 is 5.60 Å². The van der Waals surface area contributed by atoms with E-state index in [2.05, 4.69) is 15.5 Å². The predicted octanol–water partition coefficient (Wildman–Crippen LogP) is -0.554. The molecule has 2 rings (SSSR count). The normalized spacial score (nSPS) is 19.9. The van der Waals surface area contributed by atoms with Crippen LogP contribution < -0.4 is 5.32 Å². The predicted molar refractivity (Wildman–Crippen MR) is 57.7 cm³/mol. The SMILES string of the molecule is Cn1cnnc1CNCC1(O)CCOCC1. The summed E-state index contributed by atoms with van der Waals surface area (Å²) < 4.78 is 7.08. The van der Waals surface area contributed by atoms with Gasteiger partial charge in [0.25, 0.3) is 0 Å². The Morgan fingerprint density at radius 2 is 2.31 bits per heavy atom. The lowest BCUT2D eigenvalue weighted by Crippen LogP contribution is -2.45. The Morgan fingerprint density at radius 3 is 2.94 bits per heavy atom. The van der Waals surface area contributed by atoms with Crippen LogP contribution in [-0.4, -0.2) is 45.2 Å². The van der Waals surface area contributed by atoms with E-state index in [-0.39, 0.29) is 0 Å². The molecule has 1 saturated heterocycles. The van der Waals surface area contributed by atoms with Crippen molar-refractivity contribution in [3.05, 3.63) is 12.2 Å². The topological polar surface area (TPSA) is 72.2 Å². The average Bonchev–Trinajstić information content (AvgIpc) is 2.65. The number of ether oxygens (including phenoxy) is 1. The van der Waals surface area contributed by atoms with Crippen LogP contribution in [0.15, 0.2) is 6.33 Å². The number of hydrogen-bond acceptors (Lipinski definition) is 5. The number of hydrogen-bond donors (Lipinski definition) is 2. The van der Waals surface area contributed by atoms with Crippen molar-refractivity contribution in [1.29, 1.82) is 0 Å². The van der Waals surface area contributed by atoms with Crippen molar-refractivity contribution in [2.24, 2.45) is 7.05 Å². The molecule has 0 aromatic carbocycles. The van der Waals surface area contributed by atoms with E-state index in [1.54, 1.807) is 6.33 Å². The summed E-state index contributed by atoms with van der Waals surface area (Å²) in [5.74, 6) is 0.871. The third kappa shape index (κ3) is 2.78. The summed E-state index contributed by atoms with van der Waals surface area (Å²) in [6.07, 6.45) is 3.05. The molecule has 0 aliphatic carbocycles. The first-order valence-corrected chi connectivity index (χ1v) is 5.53. The van der Waals surface area contributed by atoms with Gasteiger partial charge in [0.2, 0.25) is 0 Å². The lowest BCUT2D eigenvalue weighted by atomic mass is 9.94. The highest BCUT2D eigenvalue weighted by atomic mass is 16.5. The Kier molecular flexibility index (Phi) is 3.52. The lowest BCUT2D eigenvalue weighted by molar-refractivity contribution is -0.0617. The molecule has 0 spiro atoms. The molecule has 2 N–H and O–H groups in total. The standard InChI is InChI=1S/C10H18N4O2/c1-14-8-12-13-9(14)6-11-7-10(15)2-4-16-5-3-10/h8,11,15H,2-7H2,1H3. The number of aliphatic hydroxyl groups is 1. The van der Waals surface area contributed by atoms with Crippen molar-refractivity contribution < 1.29 is 9.84 Å². The molecule has 1 aliphatic heterocycles. The van der Waals surface area contributed by atoms with Gasteiger partial charge in [-0.25, -0.2) is 0 Å². The summed E-state index contributed by atoms with van der Waals surface area (Å²) in [5.41, 5.74) is -0.628. The highest BCUT2D eigenvalue weighted by molar-refractivity contribution is 4.87. The first kappa shape index (κ1) is 11.5. The van der Waals surface area contributed by atoms with Crippen molar-refractivity contribution >= 4 is 0 Å². The first-order valence-electron chi connectivity index (χ1n) is 5.53. The monoisotopic (exact) mass is 226 g/mol. The molecule has 6 heteroatoms. The number of rotatable bonds is 4. The molecule has 90 valence electrons. The van der Waals surface area contributed by atoms with Crippen molar-refractivity contribution in [1.82, 2.24) is 20.1 Å². The first-order chi connectivity index (χ1) is 7.70. The number of nitrogens with zero attached hydrogens (tertiary/aromatic N) is 3. The van der Waals surface area contributed by atoms with E-state index in [4.69, 9.17) is 4.74 Å². The quantitative estimate of drug-likeness (QED) is 0.720. The van der Waals surface area contributed by atoms with Crippen LogP contribution in [0.1, 0.15) is 18.7 Å². The van der Waals surface area contributed by atoms with Crippen LogP contribution in [0.4, 0.5) is 0 Å². The van der Waals surface area contributed by atoms with E-state index in [1.165, 1.54) is 0 Å². The molecule has 1 aliphatic rings. The Labute approximate surface area is 94.6 Å².